The number of nitrogens with zero attached hydrogens (tertiary/aromatic N) is 1. The minimum absolute atomic E-state index is 0.0161. The lowest BCUT2D eigenvalue weighted by Crippen LogP contribution is -2.46. The number of carbonyl (C=O) groups is 1. The molecule has 3 unspecified atom stereocenters. The van der Waals surface area contributed by atoms with Crippen molar-refractivity contribution in [2.24, 2.45) is 0 Å². The minimum Gasteiger partial charge on any atom is -0.756 e. The van der Waals surface area contributed by atoms with Crippen LogP contribution in [0.25, 0.3) is 0 Å². The number of quaternary nitrogens is 1. The summed E-state index contributed by atoms with van der Waals surface area (Å²) in [5, 5.41) is 13.9. The van der Waals surface area contributed by atoms with E-state index >= 15 is 0 Å². The van der Waals surface area contributed by atoms with Gasteiger partial charge in [0.05, 0.1) is 39.9 Å². The van der Waals surface area contributed by atoms with Crippen LogP contribution in [0.1, 0.15) is 226 Å². The zero-order chi connectivity index (χ0) is 39.3. The van der Waals surface area contributed by atoms with E-state index in [0.717, 1.165) is 38.5 Å². The van der Waals surface area contributed by atoms with Gasteiger partial charge in [-0.2, -0.15) is 0 Å². The maximum Gasteiger partial charge on any atom is 0.268 e. The fraction of sp³-hybridized carbons (Fsp3) is 0.977. The van der Waals surface area contributed by atoms with Crippen molar-refractivity contribution in [3.8, 4) is 0 Å². The molecule has 0 saturated carbocycles. The van der Waals surface area contributed by atoms with Gasteiger partial charge in [0.25, 0.3) is 7.82 Å². The number of carbonyl (C=O) groups excluding carboxylic acids is 1. The lowest BCUT2D eigenvalue weighted by Gasteiger charge is -2.30. The summed E-state index contributed by atoms with van der Waals surface area (Å²) in [6.07, 6.45) is 39.5. The second-order valence-electron chi connectivity index (χ2n) is 17.1. The van der Waals surface area contributed by atoms with E-state index in [1.807, 2.05) is 21.1 Å². The third-order valence-electron chi connectivity index (χ3n) is 10.6. The van der Waals surface area contributed by atoms with E-state index < -0.39 is 20.0 Å². The summed E-state index contributed by atoms with van der Waals surface area (Å²) < 4.78 is 23.3. The molecule has 8 nitrogen and oxygen atoms in total. The molecule has 0 aliphatic heterocycles. The van der Waals surface area contributed by atoms with Gasteiger partial charge in [0.2, 0.25) is 5.91 Å². The van der Waals surface area contributed by atoms with E-state index in [1.165, 1.54) is 161 Å². The van der Waals surface area contributed by atoms with Gasteiger partial charge in [0, 0.05) is 6.42 Å². The molecule has 0 fully saturated rings. The quantitative estimate of drug-likeness (QED) is 0.0363. The lowest BCUT2D eigenvalue weighted by molar-refractivity contribution is -0.870. The average molecular weight is 775 g/mol. The Labute approximate surface area is 329 Å². The van der Waals surface area contributed by atoms with Crippen LogP contribution in [-0.4, -0.2) is 68.5 Å². The monoisotopic (exact) mass is 775 g/mol. The van der Waals surface area contributed by atoms with Crippen LogP contribution in [-0.2, 0) is 18.4 Å². The largest absolute Gasteiger partial charge is 0.756 e. The summed E-state index contributed by atoms with van der Waals surface area (Å²) >= 11 is 0. The fourth-order valence-corrected chi connectivity index (χ4v) is 7.65. The van der Waals surface area contributed by atoms with Crippen molar-refractivity contribution in [3.05, 3.63) is 0 Å². The maximum absolute atomic E-state index is 12.9. The molecule has 0 aromatic rings. The number of aliphatic hydroxyl groups excluding tert-OH is 1. The van der Waals surface area contributed by atoms with Crippen LogP contribution in [0, 0.1) is 0 Å². The van der Waals surface area contributed by atoms with Crippen molar-refractivity contribution in [1.82, 2.24) is 5.32 Å². The number of amides is 1. The molecule has 318 valence electrons. The molecule has 0 bridgehead atoms. The number of phosphoric acid groups is 1. The van der Waals surface area contributed by atoms with Crippen molar-refractivity contribution in [2.45, 2.75) is 238 Å². The van der Waals surface area contributed by atoms with Gasteiger partial charge >= 0.3 is 0 Å². The van der Waals surface area contributed by atoms with Crippen LogP contribution in [0.15, 0.2) is 0 Å². The van der Waals surface area contributed by atoms with Crippen molar-refractivity contribution in [3.63, 3.8) is 0 Å². The van der Waals surface area contributed by atoms with Gasteiger partial charge < -0.3 is 28.8 Å². The molecule has 0 rings (SSSR count). The molecule has 1 amide bonds. The molecule has 0 heterocycles. The Morgan fingerprint density at radius 3 is 1.28 bits per heavy atom. The third-order valence-corrected chi connectivity index (χ3v) is 11.6. The van der Waals surface area contributed by atoms with Gasteiger partial charge in [-0.15, -0.1) is 0 Å². The highest BCUT2D eigenvalue weighted by Crippen LogP contribution is 2.38. The molecule has 9 heteroatoms. The summed E-state index contributed by atoms with van der Waals surface area (Å²) in [4.78, 5) is 25.3. The van der Waals surface area contributed by atoms with E-state index in [-0.39, 0.29) is 19.1 Å². The first kappa shape index (κ1) is 52.5. The molecule has 0 saturated heterocycles. The molecular formula is C44H91N2O6P. The number of likely N-dealkylation sites (N-methyl/N-ethyl adjacent to an activating group) is 1. The van der Waals surface area contributed by atoms with E-state index in [4.69, 9.17) is 9.05 Å². The minimum atomic E-state index is -4.56. The lowest BCUT2D eigenvalue weighted by atomic mass is 10.0. The number of unbranched alkanes of at least 4 members (excludes halogenated alkanes) is 29. The Kier molecular flexibility index (Phi) is 36.7. The normalized spacial score (nSPS) is 14.3. The number of rotatable bonds is 42. The Hall–Kier alpha value is -0.500. The molecular weight excluding hydrogens is 683 g/mol. The molecule has 0 aliphatic carbocycles. The fourth-order valence-electron chi connectivity index (χ4n) is 6.92. The standard InChI is InChI=1S/C44H91N2O6P/c1-6-8-10-12-14-16-18-20-22-24-25-27-29-31-33-35-37-43(47)42(41-52-53(49,50)51-40-39-46(3,4)5)45-44(48)38-36-34-32-30-28-26-23-21-19-17-15-13-11-9-7-2/h42-43,47H,6-41H2,1-5H3,(H-,45,48,49,50). The predicted molar refractivity (Wildman–Crippen MR) is 224 cm³/mol. The molecule has 3 atom stereocenters. The van der Waals surface area contributed by atoms with Gasteiger partial charge in [0.15, 0.2) is 0 Å². The average Bonchev–Trinajstić information content (AvgIpc) is 3.10. The molecule has 53 heavy (non-hydrogen) atoms. The predicted octanol–water partition coefficient (Wildman–Crippen LogP) is 12.0. The van der Waals surface area contributed by atoms with E-state index in [9.17, 15) is 19.4 Å². The highest BCUT2D eigenvalue weighted by atomic mass is 31.2. The second-order valence-corrected chi connectivity index (χ2v) is 18.5. The highest BCUT2D eigenvalue weighted by molar-refractivity contribution is 7.45. The Bertz CT molecular complexity index is 839. The van der Waals surface area contributed by atoms with Gasteiger partial charge in [0.1, 0.15) is 13.2 Å². The second kappa shape index (κ2) is 37.1. The van der Waals surface area contributed by atoms with Gasteiger partial charge in [-0.1, -0.05) is 206 Å². The number of nitrogens with one attached hydrogen (secondary N) is 1. The molecule has 2 N–H and O–H groups in total. The van der Waals surface area contributed by atoms with Crippen LogP contribution in [0.4, 0.5) is 0 Å². The molecule has 0 radical (unpaired) electrons. The first-order valence-corrected chi connectivity index (χ1v) is 24.3. The first-order chi connectivity index (χ1) is 25.5. The van der Waals surface area contributed by atoms with Gasteiger partial charge in [-0.25, -0.2) is 0 Å². The number of phosphoric ester groups is 1. The molecule has 0 aromatic carbocycles. The van der Waals surface area contributed by atoms with E-state index in [0.29, 0.717) is 23.9 Å². The summed E-state index contributed by atoms with van der Waals surface area (Å²) in [5.41, 5.74) is 0. The molecule has 0 aliphatic rings. The topological polar surface area (TPSA) is 108 Å². The number of hydrogen-bond donors (Lipinski definition) is 2. The zero-order valence-corrected chi connectivity index (χ0v) is 36.9. The Balaban J connectivity index is 4.32. The summed E-state index contributed by atoms with van der Waals surface area (Å²) in [5.74, 6) is -0.161. The first-order valence-electron chi connectivity index (χ1n) is 22.9. The summed E-state index contributed by atoms with van der Waals surface area (Å²) in [7, 11) is 1.32. The van der Waals surface area contributed by atoms with Crippen molar-refractivity contribution in [2.75, 3.05) is 40.9 Å². The Morgan fingerprint density at radius 1 is 0.585 bits per heavy atom. The maximum atomic E-state index is 12.9. The number of hydrogen-bond acceptors (Lipinski definition) is 6. The summed E-state index contributed by atoms with van der Waals surface area (Å²) in [6.45, 7) is 4.74. The smallest absolute Gasteiger partial charge is 0.268 e. The Morgan fingerprint density at radius 2 is 0.925 bits per heavy atom. The van der Waals surface area contributed by atoms with Crippen molar-refractivity contribution >= 4 is 13.7 Å². The molecule has 0 spiro atoms. The van der Waals surface area contributed by atoms with E-state index in [2.05, 4.69) is 19.2 Å². The summed E-state index contributed by atoms with van der Waals surface area (Å²) in [6, 6.07) is -0.792. The molecule has 0 aromatic heterocycles. The van der Waals surface area contributed by atoms with Crippen LogP contribution in [0.2, 0.25) is 0 Å². The highest BCUT2D eigenvalue weighted by Gasteiger charge is 2.24. The van der Waals surface area contributed by atoms with E-state index in [1.54, 1.807) is 0 Å². The third kappa shape index (κ3) is 39.5. The SMILES string of the molecule is CCCCCCCCCCCCCCCCCCC(O)C(COP(=O)([O-])OCC[N+](C)(C)C)NC(=O)CCCCCCCCCCCCCCCCC. The van der Waals surface area contributed by atoms with Crippen molar-refractivity contribution in [1.29, 1.82) is 0 Å². The van der Waals surface area contributed by atoms with Gasteiger partial charge in [-0.3, -0.25) is 9.36 Å². The van der Waals surface area contributed by atoms with Crippen LogP contribution in [0.3, 0.4) is 0 Å². The zero-order valence-electron chi connectivity index (χ0n) is 36.0. The van der Waals surface area contributed by atoms with Crippen molar-refractivity contribution < 1.29 is 32.9 Å². The van der Waals surface area contributed by atoms with Crippen LogP contribution < -0.4 is 10.2 Å². The van der Waals surface area contributed by atoms with Crippen LogP contribution >= 0.6 is 7.82 Å². The van der Waals surface area contributed by atoms with Crippen LogP contribution in [0.5, 0.6) is 0 Å². The number of aliphatic hydroxyl groups is 1. The van der Waals surface area contributed by atoms with Gasteiger partial charge in [-0.05, 0) is 12.8 Å².